The predicted octanol–water partition coefficient (Wildman–Crippen LogP) is 5.01. The first-order valence-electron chi connectivity index (χ1n) is 9.17. The van der Waals surface area contributed by atoms with Gasteiger partial charge in [0.2, 0.25) is 11.8 Å². The van der Waals surface area contributed by atoms with Crippen LogP contribution in [-0.2, 0) is 9.59 Å². The second-order valence-electron chi connectivity index (χ2n) is 6.82. The van der Waals surface area contributed by atoms with Gasteiger partial charge < -0.3 is 10.6 Å². The van der Waals surface area contributed by atoms with Crippen molar-refractivity contribution in [2.24, 2.45) is 0 Å². The Morgan fingerprint density at radius 1 is 0.852 bits per heavy atom. The van der Waals surface area contributed by atoms with Crippen LogP contribution in [0, 0.1) is 27.7 Å². The summed E-state index contributed by atoms with van der Waals surface area (Å²) in [6.45, 7) is 8.07. The number of rotatable bonds is 8. The molecule has 0 heterocycles. The fourth-order valence-corrected chi connectivity index (χ4v) is 3.48. The molecule has 2 aromatic carbocycles. The Bertz CT molecular complexity index is 798. The molecule has 2 rings (SSSR count). The summed E-state index contributed by atoms with van der Waals surface area (Å²) in [5, 5.41) is 5.91. The molecule has 2 aromatic rings. The maximum absolute atomic E-state index is 12.1. The van der Waals surface area contributed by atoms with Gasteiger partial charge in [-0.15, -0.1) is 0 Å². The molecule has 0 spiro atoms. The Labute approximate surface area is 166 Å². The van der Waals surface area contributed by atoms with Crippen LogP contribution >= 0.6 is 11.8 Å². The Kier molecular flexibility index (Phi) is 7.92. The lowest BCUT2D eigenvalue weighted by Gasteiger charge is -2.11. The molecule has 0 aliphatic rings. The van der Waals surface area contributed by atoms with Gasteiger partial charge in [-0.2, -0.15) is 11.8 Å². The molecule has 0 unspecified atom stereocenters. The molecule has 144 valence electrons. The molecule has 0 atom stereocenters. The Balaban J connectivity index is 1.65. The quantitative estimate of drug-likeness (QED) is 0.629. The highest BCUT2D eigenvalue weighted by molar-refractivity contribution is 7.99. The van der Waals surface area contributed by atoms with E-state index >= 15 is 0 Å². The van der Waals surface area contributed by atoms with Crippen LogP contribution in [0.3, 0.4) is 0 Å². The summed E-state index contributed by atoms with van der Waals surface area (Å²) in [5.41, 5.74) is 6.25. The number of hydrogen-bond donors (Lipinski definition) is 2. The molecular formula is C22H28N2O2S. The number of anilines is 2. The van der Waals surface area contributed by atoms with Crippen molar-refractivity contribution in [1.82, 2.24) is 0 Å². The number of thioether (sulfide) groups is 1. The van der Waals surface area contributed by atoms with Gasteiger partial charge in [-0.05, 0) is 74.3 Å². The van der Waals surface area contributed by atoms with E-state index in [1.54, 1.807) is 11.8 Å². The number of aryl methyl sites for hydroxylation is 4. The van der Waals surface area contributed by atoms with Crippen molar-refractivity contribution >= 4 is 35.0 Å². The van der Waals surface area contributed by atoms with E-state index in [1.165, 1.54) is 5.56 Å². The summed E-state index contributed by atoms with van der Waals surface area (Å²) in [4.78, 5) is 24.1. The minimum atomic E-state index is -0.0109. The number of benzene rings is 2. The third kappa shape index (κ3) is 6.75. The van der Waals surface area contributed by atoms with Crippen molar-refractivity contribution in [3.8, 4) is 0 Å². The van der Waals surface area contributed by atoms with E-state index in [9.17, 15) is 9.59 Å². The minimum absolute atomic E-state index is 0.0109. The third-order valence-electron chi connectivity index (χ3n) is 4.46. The normalized spacial score (nSPS) is 10.5. The first-order chi connectivity index (χ1) is 12.9. The van der Waals surface area contributed by atoms with Crippen molar-refractivity contribution in [2.45, 2.75) is 40.5 Å². The standard InChI is InChI=1S/C22H28N2O2S/c1-15-10-11-19(13-18(15)4)23-21(26)14-27-12-6-9-20(25)24-22-16(2)7-5-8-17(22)3/h5,7-8,10-11,13H,6,9,12,14H2,1-4H3,(H,23,26)(H,24,25). The zero-order valence-electron chi connectivity index (χ0n) is 16.5. The number of para-hydroxylation sites is 1. The molecule has 0 fully saturated rings. The summed E-state index contributed by atoms with van der Waals surface area (Å²) in [7, 11) is 0. The molecule has 4 nitrogen and oxygen atoms in total. The van der Waals surface area contributed by atoms with Gasteiger partial charge in [-0.25, -0.2) is 0 Å². The van der Waals surface area contributed by atoms with Gasteiger partial charge in [-0.1, -0.05) is 24.3 Å². The van der Waals surface area contributed by atoms with E-state index in [0.717, 1.165) is 40.2 Å². The average molecular weight is 385 g/mol. The molecule has 5 heteroatoms. The zero-order chi connectivity index (χ0) is 19.8. The fourth-order valence-electron chi connectivity index (χ4n) is 2.73. The summed E-state index contributed by atoms with van der Waals surface area (Å²) < 4.78 is 0. The van der Waals surface area contributed by atoms with Crippen molar-refractivity contribution in [3.05, 3.63) is 58.7 Å². The molecule has 0 saturated heterocycles. The van der Waals surface area contributed by atoms with E-state index in [0.29, 0.717) is 12.2 Å². The lowest BCUT2D eigenvalue weighted by Crippen LogP contribution is -2.15. The average Bonchev–Trinajstić information content (AvgIpc) is 2.61. The summed E-state index contributed by atoms with van der Waals surface area (Å²) >= 11 is 1.55. The van der Waals surface area contributed by atoms with E-state index in [4.69, 9.17) is 0 Å². The van der Waals surface area contributed by atoms with E-state index in [-0.39, 0.29) is 11.8 Å². The topological polar surface area (TPSA) is 58.2 Å². The maximum atomic E-state index is 12.1. The highest BCUT2D eigenvalue weighted by Crippen LogP contribution is 2.20. The molecule has 0 aliphatic carbocycles. The predicted molar refractivity (Wildman–Crippen MR) is 116 cm³/mol. The van der Waals surface area contributed by atoms with Crippen molar-refractivity contribution < 1.29 is 9.59 Å². The largest absolute Gasteiger partial charge is 0.326 e. The monoisotopic (exact) mass is 384 g/mol. The summed E-state index contributed by atoms with van der Waals surface area (Å²) in [6.07, 6.45) is 1.21. The van der Waals surface area contributed by atoms with Crippen LogP contribution < -0.4 is 10.6 Å². The SMILES string of the molecule is Cc1ccc(NC(=O)CSCCCC(=O)Nc2c(C)cccc2C)cc1C. The second kappa shape index (κ2) is 10.2. The fraction of sp³-hybridized carbons (Fsp3) is 0.364. The number of carbonyl (C=O) groups is 2. The van der Waals surface area contributed by atoms with Crippen molar-refractivity contribution in [1.29, 1.82) is 0 Å². The molecule has 0 aromatic heterocycles. The van der Waals surface area contributed by atoms with Gasteiger partial charge >= 0.3 is 0 Å². The number of nitrogens with one attached hydrogen (secondary N) is 2. The Hall–Kier alpha value is -2.27. The van der Waals surface area contributed by atoms with Crippen LogP contribution in [0.15, 0.2) is 36.4 Å². The highest BCUT2D eigenvalue weighted by Gasteiger charge is 2.08. The number of amides is 2. The molecule has 0 saturated carbocycles. The van der Waals surface area contributed by atoms with Crippen LogP contribution in [0.4, 0.5) is 11.4 Å². The van der Waals surface area contributed by atoms with E-state index in [2.05, 4.69) is 10.6 Å². The van der Waals surface area contributed by atoms with Crippen molar-refractivity contribution in [3.63, 3.8) is 0 Å². The summed E-state index contributed by atoms with van der Waals surface area (Å²) in [6, 6.07) is 11.9. The van der Waals surface area contributed by atoms with E-state index < -0.39 is 0 Å². The molecule has 27 heavy (non-hydrogen) atoms. The van der Waals surface area contributed by atoms with Crippen molar-refractivity contribution in [2.75, 3.05) is 22.1 Å². The summed E-state index contributed by atoms with van der Waals surface area (Å²) in [5.74, 6) is 1.18. The Morgan fingerprint density at radius 3 is 2.22 bits per heavy atom. The van der Waals surface area contributed by atoms with Gasteiger partial charge in [-0.3, -0.25) is 9.59 Å². The smallest absolute Gasteiger partial charge is 0.234 e. The second-order valence-corrected chi connectivity index (χ2v) is 7.92. The first kappa shape index (κ1) is 21.0. The highest BCUT2D eigenvalue weighted by atomic mass is 32.2. The van der Waals surface area contributed by atoms with Gasteiger partial charge in [0.25, 0.3) is 0 Å². The van der Waals surface area contributed by atoms with Crippen LogP contribution in [-0.4, -0.2) is 23.3 Å². The maximum Gasteiger partial charge on any atom is 0.234 e. The molecule has 2 amide bonds. The molecule has 0 bridgehead atoms. The number of hydrogen-bond acceptors (Lipinski definition) is 3. The minimum Gasteiger partial charge on any atom is -0.326 e. The zero-order valence-corrected chi connectivity index (χ0v) is 17.3. The Morgan fingerprint density at radius 2 is 1.56 bits per heavy atom. The molecule has 0 aliphatic heterocycles. The van der Waals surface area contributed by atoms with Gasteiger partial charge in [0, 0.05) is 17.8 Å². The van der Waals surface area contributed by atoms with Crippen LogP contribution in [0.5, 0.6) is 0 Å². The van der Waals surface area contributed by atoms with Gasteiger partial charge in [0.05, 0.1) is 5.75 Å². The third-order valence-corrected chi connectivity index (χ3v) is 5.51. The molecule has 0 radical (unpaired) electrons. The number of carbonyl (C=O) groups excluding carboxylic acids is 2. The van der Waals surface area contributed by atoms with Gasteiger partial charge in [0.1, 0.15) is 0 Å². The molecule has 2 N–H and O–H groups in total. The lowest BCUT2D eigenvalue weighted by atomic mass is 10.1. The van der Waals surface area contributed by atoms with Crippen LogP contribution in [0.25, 0.3) is 0 Å². The van der Waals surface area contributed by atoms with Gasteiger partial charge in [0.15, 0.2) is 0 Å². The van der Waals surface area contributed by atoms with Crippen LogP contribution in [0.2, 0.25) is 0 Å². The van der Waals surface area contributed by atoms with Crippen LogP contribution in [0.1, 0.15) is 35.1 Å². The lowest BCUT2D eigenvalue weighted by molar-refractivity contribution is -0.116. The molecular weight excluding hydrogens is 356 g/mol. The first-order valence-corrected chi connectivity index (χ1v) is 10.3. The van der Waals surface area contributed by atoms with E-state index in [1.807, 2.05) is 64.1 Å².